The van der Waals surface area contributed by atoms with E-state index in [-0.39, 0.29) is 30.9 Å². The molecule has 0 amide bonds. The van der Waals surface area contributed by atoms with Crippen molar-refractivity contribution in [1.82, 2.24) is 10.6 Å². The fourth-order valence-corrected chi connectivity index (χ4v) is 8.33. The highest BCUT2D eigenvalue weighted by atomic mass is 16.7. The number of rotatable bonds is 8. The SMILES string of the molecule is CC[C@H]1OC(=O)[C@H](C)[C@@H](O[C@H]2C[C@@](C)(OC)[C@@H](O)[C@H](C)O2)[C@H](C)[C@@H](O[C@@H]2O[C@H](C)C[C@H](NC)[C@H]2O)[C@](C)(OC)C[C@@H](C)CN[C@H](C)[C@@H](O)[C@]1(C)O. The quantitative estimate of drug-likeness (QED) is 0.199. The van der Waals surface area contributed by atoms with Crippen molar-refractivity contribution in [3.63, 3.8) is 0 Å². The number of methoxy groups -OCH3 is 2. The lowest BCUT2D eigenvalue weighted by Crippen LogP contribution is -2.60. The molecule has 14 heteroatoms. The van der Waals surface area contributed by atoms with Crippen LogP contribution in [0.1, 0.15) is 94.9 Å². The Hall–Kier alpha value is -1.01. The summed E-state index contributed by atoms with van der Waals surface area (Å²) in [6.07, 6.45) is -7.30. The van der Waals surface area contributed by atoms with Crippen LogP contribution in [0.2, 0.25) is 0 Å². The Balaban J connectivity index is 2.18. The van der Waals surface area contributed by atoms with Crippen molar-refractivity contribution in [2.45, 2.75) is 185 Å². The van der Waals surface area contributed by atoms with Crippen molar-refractivity contribution in [2.24, 2.45) is 17.8 Å². The number of likely N-dealkylation sites (N-methyl/N-ethyl adjacent to an activating group) is 1. The van der Waals surface area contributed by atoms with Gasteiger partial charge in [-0.2, -0.15) is 0 Å². The summed E-state index contributed by atoms with van der Waals surface area (Å²) in [6.45, 7) is 18.5. The molecular weight excluding hydrogens is 664 g/mol. The van der Waals surface area contributed by atoms with Crippen molar-refractivity contribution in [2.75, 3.05) is 27.8 Å². The first-order valence-electron chi connectivity index (χ1n) is 18.8. The Kier molecular flexibility index (Phi) is 15.7. The molecule has 6 N–H and O–H groups in total. The zero-order valence-corrected chi connectivity index (χ0v) is 33.3. The van der Waals surface area contributed by atoms with Gasteiger partial charge in [0.05, 0.1) is 41.5 Å². The van der Waals surface area contributed by atoms with Gasteiger partial charge in [0.1, 0.15) is 30.0 Å². The number of esters is 1. The number of hydrogen-bond acceptors (Lipinski definition) is 14. The molecular formula is C37H70N2O12. The topological polar surface area (TPSA) is 187 Å². The summed E-state index contributed by atoms with van der Waals surface area (Å²) in [4.78, 5) is 14.2. The molecule has 3 saturated heterocycles. The smallest absolute Gasteiger partial charge is 0.311 e. The molecule has 18 atom stereocenters. The summed E-state index contributed by atoms with van der Waals surface area (Å²) in [5.41, 5.74) is -3.78. The number of carbonyl (C=O) groups excluding carboxylic acids is 1. The van der Waals surface area contributed by atoms with Crippen molar-refractivity contribution < 1.29 is 58.4 Å². The van der Waals surface area contributed by atoms with E-state index < -0.39 is 96.0 Å². The molecule has 300 valence electrons. The van der Waals surface area contributed by atoms with Crippen LogP contribution in [0, 0.1) is 17.8 Å². The van der Waals surface area contributed by atoms with E-state index in [1.54, 1.807) is 48.8 Å². The molecule has 3 heterocycles. The number of nitrogens with one attached hydrogen (secondary N) is 2. The molecule has 0 spiro atoms. The maximum atomic E-state index is 14.2. The lowest BCUT2D eigenvalue weighted by molar-refractivity contribution is -0.317. The van der Waals surface area contributed by atoms with E-state index in [9.17, 15) is 25.2 Å². The molecule has 0 bridgehead atoms. The third-order valence-electron chi connectivity index (χ3n) is 11.9. The second kappa shape index (κ2) is 18.1. The summed E-state index contributed by atoms with van der Waals surface area (Å²) < 4.78 is 44.1. The van der Waals surface area contributed by atoms with Gasteiger partial charge in [0.25, 0.3) is 0 Å². The van der Waals surface area contributed by atoms with Crippen LogP contribution >= 0.6 is 0 Å². The zero-order valence-electron chi connectivity index (χ0n) is 33.3. The van der Waals surface area contributed by atoms with Gasteiger partial charge in [-0.15, -0.1) is 0 Å². The van der Waals surface area contributed by atoms with Crippen LogP contribution < -0.4 is 10.6 Å². The maximum absolute atomic E-state index is 14.2. The van der Waals surface area contributed by atoms with E-state index >= 15 is 0 Å². The van der Waals surface area contributed by atoms with E-state index in [4.69, 9.17) is 33.2 Å². The second-order valence-corrected chi connectivity index (χ2v) is 16.2. The van der Waals surface area contributed by atoms with Gasteiger partial charge < -0.3 is 64.2 Å². The van der Waals surface area contributed by atoms with Gasteiger partial charge in [0.2, 0.25) is 0 Å². The molecule has 14 nitrogen and oxygen atoms in total. The highest BCUT2D eigenvalue weighted by molar-refractivity contribution is 5.73. The lowest BCUT2D eigenvalue weighted by atomic mass is 9.77. The Morgan fingerprint density at radius 3 is 2.12 bits per heavy atom. The van der Waals surface area contributed by atoms with Crippen LogP contribution in [0.5, 0.6) is 0 Å². The molecule has 3 aliphatic heterocycles. The zero-order chi connectivity index (χ0) is 38.6. The molecule has 3 rings (SSSR count). The van der Waals surface area contributed by atoms with Crippen molar-refractivity contribution in [3.05, 3.63) is 0 Å². The molecule has 0 aromatic carbocycles. The largest absolute Gasteiger partial charge is 0.459 e. The van der Waals surface area contributed by atoms with Gasteiger partial charge in [-0.1, -0.05) is 20.8 Å². The van der Waals surface area contributed by atoms with Crippen LogP contribution in [0.25, 0.3) is 0 Å². The first-order chi connectivity index (χ1) is 23.7. The molecule has 0 saturated carbocycles. The van der Waals surface area contributed by atoms with Gasteiger partial charge in [0, 0.05) is 38.6 Å². The fraction of sp³-hybridized carbons (Fsp3) is 0.973. The van der Waals surface area contributed by atoms with Gasteiger partial charge in [-0.05, 0) is 87.2 Å². The molecule has 0 unspecified atom stereocenters. The molecule has 51 heavy (non-hydrogen) atoms. The van der Waals surface area contributed by atoms with Gasteiger partial charge in [-0.25, -0.2) is 0 Å². The Morgan fingerprint density at radius 1 is 0.922 bits per heavy atom. The molecule has 3 fully saturated rings. The van der Waals surface area contributed by atoms with Gasteiger partial charge >= 0.3 is 5.97 Å². The van der Waals surface area contributed by atoms with Crippen molar-refractivity contribution in [1.29, 1.82) is 0 Å². The number of hydrogen-bond donors (Lipinski definition) is 6. The summed E-state index contributed by atoms with van der Waals surface area (Å²) >= 11 is 0. The Bertz CT molecular complexity index is 1100. The summed E-state index contributed by atoms with van der Waals surface area (Å²) in [5.74, 6) is -2.24. The number of cyclic esters (lactones) is 1. The van der Waals surface area contributed by atoms with Crippen LogP contribution in [-0.2, 0) is 38.0 Å². The van der Waals surface area contributed by atoms with E-state index in [0.29, 0.717) is 19.4 Å². The minimum Gasteiger partial charge on any atom is -0.459 e. The third-order valence-corrected chi connectivity index (χ3v) is 11.9. The molecule has 0 aliphatic carbocycles. The predicted octanol–water partition coefficient (Wildman–Crippen LogP) is 1.87. The fourth-order valence-electron chi connectivity index (χ4n) is 8.33. The standard InChI is InChI=1S/C37H70N2O12/c1-14-26-37(10,44)30(41)23(6)39-18-19(2)16-36(9,46-13)32(51-34-28(40)25(38-11)15-20(3)47-34)21(4)29(22(5)33(43)49-26)50-27-17-35(8,45-12)31(42)24(7)48-27/h19-32,34,38-42,44H,14-18H2,1-13H3/t19-,20-,21+,22-,23-,24+,25+,26-,27+,28-,29+,30-,31+,32-,34+,35-,36-,37-/m1/s1. The highest BCUT2D eigenvalue weighted by Crippen LogP contribution is 2.40. The van der Waals surface area contributed by atoms with Crippen LogP contribution in [0.15, 0.2) is 0 Å². The predicted molar refractivity (Wildman–Crippen MR) is 190 cm³/mol. The highest BCUT2D eigenvalue weighted by Gasteiger charge is 2.52. The molecule has 3 aliphatic rings. The molecule has 0 aromatic heterocycles. The van der Waals surface area contributed by atoms with Crippen molar-refractivity contribution >= 4 is 5.97 Å². The minimum atomic E-state index is -1.78. The lowest BCUT2D eigenvalue weighted by Gasteiger charge is -2.49. The first kappa shape index (κ1) is 44.4. The van der Waals surface area contributed by atoms with E-state index in [1.165, 1.54) is 14.0 Å². The first-order valence-corrected chi connectivity index (χ1v) is 18.8. The Morgan fingerprint density at radius 2 is 1.55 bits per heavy atom. The summed E-state index contributed by atoms with van der Waals surface area (Å²) in [7, 11) is 4.92. The van der Waals surface area contributed by atoms with Gasteiger partial charge in [0.15, 0.2) is 12.6 Å². The van der Waals surface area contributed by atoms with E-state index in [2.05, 4.69) is 17.6 Å². The number of aliphatic hydroxyl groups excluding tert-OH is 3. The van der Waals surface area contributed by atoms with E-state index in [0.717, 1.165) is 0 Å². The maximum Gasteiger partial charge on any atom is 0.311 e. The van der Waals surface area contributed by atoms with E-state index in [1.807, 2.05) is 20.8 Å². The minimum absolute atomic E-state index is 0.0257. The van der Waals surface area contributed by atoms with Crippen LogP contribution in [0.3, 0.4) is 0 Å². The number of ether oxygens (including phenoxy) is 7. The second-order valence-electron chi connectivity index (χ2n) is 16.2. The molecule has 0 aromatic rings. The average molecular weight is 735 g/mol. The van der Waals surface area contributed by atoms with Crippen molar-refractivity contribution in [3.8, 4) is 0 Å². The Labute approximate surface area is 305 Å². The monoisotopic (exact) mass is 734 g/mol. The number of carbonyl (C=O) groups is 1. The summed E-state index contributed by atoms with van der Waals surface area (Å²) in [5, 5.41) is 51.8. The normalized spacial score (nSPS) is 49.8. The average Bonchev–Trinajstić information content (AvgIpc) is 3.09. The van der Waals surface area contributed by atoms with Gasteiger partial charge in [-0.3, -0.25) is 4.79 Å². The molecule has 0 radical (unpaired) electrons. The number of aliphatic hydroxyl groups is 4. The third kappa shape index (κ3) is 10.0. The summed E-state index contributed by atoms with van der Waals surface area (Å²) in [6, 6.07) is -0.827. The van der Waals surface area contributed by atoms with Crippen LogP contribution in [-0.4, -0.2) is 145 Å². The van der Waals surface area contributed by atoms with Crippen LogP contribution in [0.4, 0.5) is 0 Å².